The third-order valence-electron chi connectivity index (χ3n) is 6.06. The van der Waals surface area contributed by atoms with Crippen LogP contribution in [0.4, 0.5) is 5.95 Å². The number of rotatable bonds is 9. The quantitative estimate of drug-likeness (QED) is 0.453. The molecular weight excluding hydrogens is 444 g/mol. The normalized spacial score (nSPS) is 19.2. The van der Waals surface area contributed by atoms with Crippen LogP contribution in [0, 0.1) is 0 Å². The minimum Gasteiger partial charge on any atom is -0.493 e. The molecule has 4 rings (SSSR count). The molecule has 11 heteroatoms. The number of benzene rings is 1. The van der Waals surface area contributed by atoms with Crippen molar-refractivity contribution < 1.29 is 18.3 Å². The number of nitrogens with one attached hydrogen (secondary N) is 1. The lowest BCUT2D eigenvalue weighted by Gasteiger charge is -2.33. The molecule has 10 nitrogen and oxygen atoms in total. The Balaban J connectivity index is 1.46. The maximum Gasteiger partial charge on any atom is 0.224 e. The number of aliphatic hydroxyl groups excluding tert-OH is 1. The Labute approximate surface area is 193 Å². The van der Waals surface area contributed by atoms with E-state index in [4.69, 9.17) is 9.84 Å². The number of hydrogen-bond acceptors (Lipinski definition) is 8. The number of aromatic nitrogens is 4. The molecule has 0 saturated heterocycles. The van der Waals surface area contributed by atoms with Crippen LogP contribution in [-0.2, 0) is 10.0 Å². The molecule has 33 heavy (non-hydrogen) atoms. The molecule has 2 aromatic heterocycles. The van der Waals surface area contributed by atoms with Gasteiger partial charge in [-0.1, -0.05) is 6.07 Å². The molecule has 1 aromatic carbocycles. The molecule has 0 aliphatic heterocycles. The molecule has 1 aliphatic carbocycles. The Morgan fingerprint density at radius 3 is 2.76 bits per heavy atom. The fourth-order valence-electron chi connectivity index (χ4n) is 4.15. The molecule has 2 N–H and O–H groups in total. The summed E-state index contributed by atoms with van der Waals surface area (Å²) in [5.41, 5.74) is 0.866. The van der Waals surface area contributed by atoms with Crippen LogP contribution < -0.4 is 10.1 Å². The number of fused-ring (bicyclic) bond motifs is 1. The summed E-state index contributed by atoms with van der Waals surface area (Å²) in [6.45, 7) is 0.520. The number of sulfonamides is 1. The van der Waals surface area contributed by atoms with Gasteiger partial charge in [-0.15, -0.1) is 0 Å². The van der Waals surface area contributed by atoms with Crippen molar-refractivity contribution in [2.45, 2.75) is 44.2 Å². The van der Waals surface area contributed by atoms with Gasteiger partial charge in [-0.05, 0) is 37.8 Å². The average Bonchev–Trinajstić information content (AvgIpc) is 3.24. The number of hydrogen-bond donors (Lipinski definition) is 2. The molecule has 3 aromatic rings. The number of aliphatic hydroxyl groups is 1. The van der Waals surface area contributed by atoms with E-state index in [-0.39, 0.29) is 18.7 Å². The minimum absolute atomic E-state index is 0.0366. The molecule has 1 saturated carbocycles. The van der Waals surface area contributed by atoms with Gasteiger partial charge in [-0.2, -0.15) is 10.1 Å². The van der Waals surface area contributed by atoms with Crippen molar-refractivity contribution in [3.8, 4) is 11.6 Å². The van der Waals surface area contributed by atoms with Gasteiger partial charge in [-0.3, -0.25) is 0 Å². The summed E-state index contributed by atoms with van der Waals surface area (Å²) in [6.07, 6.45) is 8.54. The Bertz CT molecular complexity index is 1190. The van der Waals surface area contributed by atoms with Crippen molar-refractivity contribution in [1.82, 2.24) is 24.1 Å². The van der Waals surface area contributed by atoms with Crippen LogP contribution in [0.5, 0.6) is 5.75 Å². The first kappa shape index (κ1) is 23.4. The highest BCUT2D eigenvalue weighted by atomic mass is 32.2. The summed E-state index contributed by atoms with van der Waals surface area (Å²) >= 11 is 0. The summed E-state index contributed by atoms with van der Waals surface area (Å²) in [6, 6.07) is 7.77. The molecule has 0 atom stereocenters. The second kappa shape index (κ2) is 10.0. The predicted octanol–water partition coefficient (Wildman–Crippen LogP) is 2.19. The van der Waals surface area contributed by atoms with Crippen LogP contribution in [0.1, 0.15) is 32.1 Å². The van der Waals surface area contributed by atoms with E-state index >= 15 is 0 Å². The van der Waals surface area contributed by atoms with Crippen LogP contribution in [0.15, 0.2) is 36.7 Å². The first-order valence-electron chi connectivity index (χ1n) is 11.1. The molecular formula is C22H30N6O4S. The van der Waals surface area contributed by atoms with Crippen LogP contribution >= 0.6 is 0 Å². The summed E-state index contributed by atoms with van der Waals surface area (Å²) in [7, 11) is -1.53. The van der Waals surface area contributed by atoms with E-state index < -0.39 is 10.0 Å². The van der Waals surface area contributed by atoms with Crippen LogP contribution in [0.25, 0.3) is 16.7 Å². The largest absolute Gasteiger partial charge is 0.493 e. The van der Waals surface area contributed by atoms with Crippen molar-refractivity contribution in [1.29, 1.82) is 0 Å². The summed E-state index contributed by atoms with van der Waals surface area (Å²) in [4.78, 5) is 9.02. The molecule has 1 aliphatic rings. The van der Waals surface area contributed by atoms with Crippen LogP contribution in [0.2, 0.25) is 0 Å². The van der Waals surface area contributed by atoms with Crippen LogP contribution in [-0.4, -0.2) is 76.2 Å². The lowest BCUT2D eigenvalue weighted by atomic mass is 9.91. The maximum absolute atomic E-state index is 11.8. The number of anilines is 1. The molecule has 0 unspecified atom stereocenters. The summed E-state index contributed by atoms with van der Waals surface area (Å²) in [5.74, 6) is 1.88. The number of ether oxygens (including phenoxy) is 1. The second-order valence-corrected chi connectivity index (χ2v) is 10.4. The first-order chi connectivity index (χ1) is 15.9. The fourth-order valence-corrected chi connectivity index (χ4v) is 4.91. The van der Waals surface area contributed by atoms with Gasteiger partial charge in [-0.25, -0.2) is 22.4 Å². The van der Waals surface area contributed by atoms with E-state index in [1.165, 1.54) is 10.6 Å². The minimum atomic E-state index is -3.18. The lowest BCUT2D eigenvalue weighted by Crippen LogP contribution is -2.41. The van der Waals surface area contributed by atoms with E-state index in [1.54, 1.807) is 30.2 Å². The van der Waals surface area contributed by atoms with Gasteiger partial charge in [0, 0.05) is 44.4 Å². The standard InChI is InChI=1S/C22H30N6O4S/c1-27(33(2,30)31)17-9-7-16(8-10-17)25-22-23-12-11-21(26-22)28-19-5-3-6-20(18(19)15-24-28)32-14-4-13-29/h3,5-6,11-12,15-17,29H,4,7-10,13-14H2,1-2H3,(H,23,25,26)/t16-,17-. The molecule has 178 valence electrons. The van der Waals surface area contributed by atoms with E-state index in [0.29, 0.717) is 24.8 Å². The van der Waals surface area contributed by atoms with Gasteiger partial charge in [0.1, 0.15) is 5.75 Å². The molecule has 0 radical (unpaired) electrons. The van der Waals surface area contributed by atoms with Crippen molar-refractivity contribution >= 4 is 26.9 Å². The fraction of sp³-hybridized carbons (Fsp3) is 0.500. The SMILES string of the molecule is CN([C@H]1CC[C@H](Nc2nccc(-n3ncc4c(OCCCO)cccc43)n2)CC1)S(C)(=O)=O. The molecule has 2 heterocycles. The van der Waals surface area contributed by atoms with E-state index in [9.17, 15) is 8.42 Å². The zero-order chi connectivity index (χ0) is 23.4. The number of nitrogens with zero attached hydrogens (tertiary/aromatic N) is 5. The Morgan fingerprint density at radius 2 is 2.03 bits per heavy atom. The monoisotopic (exact) mass is 474 g/mol. The Hall–Kier alpha value is -2.76. The smallest absolute Gasteiger partial charge is 0.224 e. The Kier molecular flexibility index (Phi) is 7.11. The van der Waals surface area contributed by atoms with Crippen molar-refractivity contribution in [3.63, 3.8) is 0 Å². The van der Waals surface area contributed by atoms with Crippen molar-refractivity contribution in [2.75, 3.05) is 31.8 Å². The topological polar surface area (TPSA) is 122 Å². The zero-order valence-electron chi connectivity index (χ0n) is 18.9. The highest BCUT2D eigenvalue weighted by molar-refractivity contribution is 7.88. The summed E-state index contributed by atoms with van der Waals surface area (Å²) in [5, 5.41) is 17.7. The second-order valence-electron chi connectivity index (χ2n) is 8.34. The molecule has 0 amide bonds. The summed E-state index contributed by atoms with van der Waals surface area (Å²) < 4.78 is 32.6. The van der Waals surface area contributed by atoms with Gasteiger partial charge in [0.05, 0.1) is 30.0 Å². The van der Waals surface area contributed by atoms with E-state index in [1.807, 2.05) is 18.2 Å². The average molecular weight is 475 g/mol. The highest BCUT2D eigenvalue weighted by Gasteiger charge is 2.28. The van der Waals surface area contributed by atoms with Crippen molar-refractivity contribution in [3.05, 3.63) is 36.7 Å². The lowest BCUT2D eigenvalue weighted by molar-refractivity contribution is 0.235. The third kappa shape index (κ3) is 5.43. The Morgan fingerprint density at radius 1 is 1.24 bits per heavy atom. The third-order valence-corrected chi connectivity index (χ3v) is 7.40. The predicted molar refractivity (Wildman–Crippen MR) is 126 cm³/mol. The van der Waals surface area contributed by atoms with Gasteiger partial charge in [0.2, 0.25) is 16.0 Å². The highest BCUT2D eigenvalue weighted by Crippen LogP contribution is 2.28. The maximum atomic E-state index is 11.8. The van der Waals surface area contributed by atoms with Crippen LogP contribution in [0.3, 0.4) is 0 Å². The molecule has 0 spiro atoms. The molecule has 0 bridgehead atoms. The van der Waals surface area contributed by atoms with Crippen molar-refractivity contribution in [2.24, 2.45) is 0 Å². The van der Waals surface area contributed by atoms with E-state index in [2.05, 4.69) is 20.4 Å². The van der Waals surface area contributed by atoms with Gasteiger partial charge >= 0.3 is 0 Å². The van der Waals surface area contributed by atoms with Gasteiger partial charge in [0.15, 0.2) is 5.82 Å². The zero-order valence-corrected chi connectivity index (χ0v) is 19.7. The van der Waals surface area contributed by atoms with E-state index in [0.717, 1.165) is 42.3 Å². The van der Waals surface area contributed by atoms with Gasteiger partial charge in [0.25, 0.3) is 0 Å². The first-order valence-corrected chi connectivity index (χ1v) is 12.9. The van der Waals surface area contributed by atoms with Gasteiger partial charge < -0.3 is 15.2 Å². The molecule has 1 fully saturated rings.